The molecule has 2 aromatic carbocycles. The highest BCUT2D eigenvalue weighted by molar-refractivity contribution is 5.79. The van der Waals surface area contributed by atoms with Gasteiger partial charge in [0.2, 0.25) is 0 Å². The Labute approximate surface area is 173 Å². The van der Waals surface area contributed by atoms with Crippen molar-refractivity contribution in [2.45, 2.75) is 32.2 Å². The largest absolute Gasteiger partial charge is 0.449 e. The molecule has 0 spiro atoms. The molecule has 156 valence electrons. The Bertz CT molecular complexity index is 778. The van der Waals surface area contributed by atoms with Crippen LogP contribution in [-0.2, 0) is 4.74 Å². The zero-order valence-corrected chi connectivity index (χ0v) is 17.6. The first kappa shape index (κ1) is 21.3. The first-order chi connectivity index (χ1) is 14.0. The number of aliphatic hydroxyl groups excluding tert-OH is 1. The van der Waals surface area contributed by atoms with Gasteiger partial charge in [-0.05, 0) is 35.2 Å². The highest BCUT2D eigenvalue weighted by Crippen LogP contribution is 2.44. The number of likely N-dealkylation sites (N-methyl/N-ethyl adjacent to an activating group) is 1. The molecule has 0 bridgehead atoms. The van der Waals surface area contributed by atoms with E-state index in [-0.39, 0.29) is 24.7 Å². The van der Waals surface area contributed by atoms with Crippen LogP contribution in [0.2, 0.25) is 0 Å². The van der Waals surface area contributed by atoms with Crippen LogP contribution in [0.25, 0.3) is 11.1 Å². The summed E-state index contributed by atoms with van der Waals surface area (Å²) in [6.07, 6.45) is 0.580. The SMILES string of the molecule is CCC(C)C(CN(C)CCO)NC(=O)OCC1c2ccccc2-c2ccccc21. The monoisotopic (exact) mass is 396 g/mol. The van der Waals surface area contributed by atoms with Gasteiger partial charge in [-0.2, -0.15) is 0 Å². The van der Waals surface area contributed by atoms with Gasteiger partial charge in [-0.25, -0.2) is 4.79 Å². The number of amides is 1. The molecule has 5 nitrogen and oxygen atoms in total. The molecule has 0 aromatic heterocycles. The van der Waals surface area contributed by atoms with Crippen LogP contribution in [-0.4, -0.2) is 55.5 Å². The molecule has 2 atom stereocenters. The quantitative estimate of drug-likeness (QED) is 0.676. The third-order valence-corrected chi connectivity index (χ3v) is 5.97. The number of carbonyl (C=O) groups is 1. The minimum Gasteiger partial charge on any atom is -0.449 e. The summed E-state index contributed by atoms with van der Waals surface area (Å²) in [7, 11) is 1.95. The van der Waals surface area contributed by atoms with Gasteiger partial charge in [0.1, 0.15) is 6.61 Å². The zero-order chi connectivity index (χ0) is 20.8. The molecule has 0 fully saturated rings. The Morgan fingerprint density at radius 3 is 2.28 bits per heavy atom. The van der Waals surface area contributed by atoms with Gasteiger partial charge in [-0.1, -0.05) is 68.8 Å². The van der Waals surface area contributed by atoms with Gasteiger partial charge in [0, 0.05) is 25.0 Å². The molecule has 1 aliphatic rings. The summed E-state index contributed by atoms with van der Waals surface area (Å²) in [6, 6.07) is 16.6. The predicted octanol–water partition coefficient (Wildman–Crippen LogP) is 3.86. The van der Waals surface area contributed by atoms with E-state index < -0.39 is 0 Å². The first-order valence-electron chi connectivity index (χ1n) is 10.5. The summed E-state index contributed by atoms with van der Waals surface area (Å²) >= 11 is 0. The molecule has 1 aliphatic carbocycles. The van der Waals surface area contributed by atoms with Crippen LogP contribution in [0.5, 0.6) is 0 Å². The van der Waals surface area contributed by atoms with Crippen molar-refractivity contribution >= 4 is 6.09 Å². The van der Waals surface area contributed by atoms with Crippen LogP contribution >= 0.6 is 0 Å². The van der Waals surface area contributed by atoms with Gasteiger partial charge in [-0.3, -0.25) is 0 Å². The highest BCUT2D eigenvalue weighted by Gasteiger charge is 2.29. The fourth-order valence-corrected chi connectivity index (χ4v) is 4.04. The minimum absolute atomic E-state index is 0.0211. The number of rotatable bonds is 9. The topological polar surface area (TPSA) is 61.8 Å². The molecule has 0 heterocycles. The van der Waals surface area contributed by atoms with Crippen molar-refractivity contribution in [3.63, 3.8) is 0 Å². The average molecular weight is 397 g/mol. The van der Waals surface area contributed by atoms with Crippen molar-refractivity contribution in [1.82, 2.24) is 10.2 Å². The molecule has 2 aromatic rings. The van der Waals surface area contributed by atoms with Crippen molar-refractivity contribution < 1.29 is 14.6 Å². The van der Waals surface area contributed by atoms with Crippen molar-refractivity contribution in [2.75, 3.05) is 33.4 Å². The lowest BCUT2D eigenvalue weighted by Gasteiger charge is -2.28. The van der Waals surface area contributed by atoms with E-state index in [4.69, 9.17) is 9.84 Å². The highest BCUT2D eigenvalue weighted by atomic mass is 16.5. The van der Waals surface area contributed by atoms with Crippen LogP contribution in [0.1, 0.15) is 37.3 Å². The van der Waals surface area contributed by atoms with Gasteiger partial charge in [0.15, 0.2) is 0 Å². The Balaban J connectivity index is 1.65. The Morgan fingerprint density at radius 1 is 1.14 bits per heavy atom. The van der Waals surface area contributed by atoms with E-state index in [1.165, 1.54) is 22.3 Å². The normalized spacial score (nSPS) is 14.9. The Morgan fingerprint density at radius 2 is 1.72 bits per heavy atom. The van der Waals surface area contributed by atoms with E-state index in [1.807, 2.05) is 36.2 Å². The molecular weight excluding hydrogens is 364 g/mol. The number of aliphatic hydroxyl groups is 1. The summed E-state index contributed by atoms with van der Waals surface area (Å²) in [5.74, 6) is 0.379. The van der Waals surface area contributed by atoms with Crippen LogP contribution in [0, 0.1) is 5.92 Å². The number of fused-ring (bicyclic) bond motifs is 3. The lowest BCUT2D eigenvalue weighted by atomic mass is 9.98. The van der Waals surface area contributed by atoms with Gasteiger partial charge in [-0.15, -0.1) is 0 Å². The van der Waals surface area contributed by atoms with Crippen LogP contribution in [0.3, 0.4) is 0 Å². The van der Waals surface area contributed by atoms with Crippen LogP contribution < -0.4 is 5.32 Å². The average Bonchev–Trinajstić information content (AvgIpc) is 3.05. The van der Waals surface area contributed by atoms with Crippen molar-refractivity contribution in [3.05, 3.63) is 59.7 Å². The summed E-state index contributed by atoms with van der Waals surface area (Å²) < 4.78 is 5.69. The number of alkyl carbamates (subject to hydrolysis) is 1. The smallest absolute Gasteiger partial charge is 0.407 e. The third-order valence-electron chi connectivity index (χ3n) is 5.97. The standard InChI is InChI=1S/C24H32N2O3/c1-4-17(2)23(15-26(3)13-14-27)25-24(28)29-16-22-20-11-7-5-9-18(20)19-10-6-8-12-21(19)22/h5-12,17,22-23,27H,4,13-16H2,1-3H3,(H,25,28). The number of ether oxygens (including phenoxy) is 1. The second kappa shape index (κ2) is 9.90. The van der Waals surface area contributed by atoms with Crippen molar-refractivity contribution in [3.8, 4) is 11.1 Å². The first-order valence-corrected chi connectivity index (χ1v) is 10.5. The molecule has 1 amide bonds. The maximum atomic E-state index is 12.6. The van der Waals surface area contributed by atoms with Gasteiger partial charge in [0.05, 0.1) is 6.61 Å². The van der Waals surface area contributed by atoms with E-state index in [0.29, 0.717) is 25.6 Å². The predicted molar refractivity (Wildman–Crippen MR) is 116 cm³/mol. The molecular formula is C24H32N2O3. The molecule has 3 rings (SSSR count). The number of nitrogens with zero attached hydrogens (tertiary/aromatic N) is 1. The molecule has 0 radical (unpaired) electrons. The van der Waals surface area contributed by atoms with Crippen molar-refractivity contribution in [2.24, 2.45) is 5.92 Å². The van der Waals surface area contributed by atoms with E-state index >= 15 is 0 Å². The Hall–Kier alpha value is -2.37. The number of carbonyl (C=O) groups excluding carboxylic acids is 1. The lowest BCUT2D eigenvalue weighted by molar-refractivity contribution is 0.128. The van der Waals surface area contributed by atoms with E-state index in [1.54, 1.807) is 0 Å². The molecule has 0 aliphatic heterocycles. The molecule has 2 unspecified atom stereocenters. The number of benzene rings is 2. The molecule has 5 heteroatoms. The zero-order valence-electron chi connectivity index (χ0n) is 17.6. The van der Waals surface area contributed by atoms with Gasteiger partial charge < -0.3 is 20.1 Å². The van der Waals surface area contributed by atoms with Crippen molar-refractivity contribution in [1.29, 1.82) is 0 Å². The second-order valence-electron chi connectivity index (χ2n) is 7.95. The van der Waals surface area contributed by atoms with Gasteiger partial charge >= 0.3 is 6.09 Å². The summed E-state index contributed by atoms with van der Waals surface area (Å²) in [5.41, 5.74) is 4.87. The third kappa shape index (κ3) is 4.98. The molecule has 2 N–H and O–H groups in total. The number of hydrogen-bond acceptors (Lipinski definition) is 4. The minimum atomic E-state index is -0.380. The lowest BCUT2D eigenvalue weighted by Crippen LogP contribution is -2.47. The van der Waals surface area contributed by atoms with Crippen LogP contribution in [0.15, 0.2) is 48.5 Å². The Kier molecular flexibility index (Phi) is 7.29. The molecule has 0 saturated heterocycles. The van der Waals surface area contributed by atoms with E-state index in [9.17, 15) is 4.79 Å². The van der Waals surface area contributed by atoms with E-state index in [0.717, 1.165) is 6.42 Å². The second-order valence-corrected chi connectivity index (χ2v) is 7.95. The van der Waals surface area contributed by atoms with E-state index in [2.05, 4.69) is 43.4 Å². The number of nitrogens with one attached hydrogen (secondary N) is 1. The molecule has 29 heavy (non-hydrogen) atoms. The maximum Gasteiger partial charge on any atom is 0.407 e. The van der Waals surface area contributed by atoms with Gasteiger partial charge in [0.25, 0.3) is 0 Å². The summed E-state index contributed by atoms with van der Waals surface area (Å²) in [6.45, 7) is 5.93. The number of hydrogen-bond donors (Lipinski definition) is 2. The summed E-state index contributed by atoms with van der Waals surface area (Å²) in [4.78, 5) is 14.6. The molecule has 0 saturated carbocycles. The fourth-order valence-electron chi connectivity index (χ4n) is 4.04. The fraction of sp³-hybridized carbons (Fsp3) is 0.458. The van der Waals surface area contributed by atoms with Crippen LogP contribution in [0.4, 0.5) is 4.79 Å². The maximum absolute atomic E-state index is 12.6. The summed E-state index contributed by atoms with van der Waals surface area (Å²) in [5, 5.41) is 12.2.